The molecule has 3 aliphatic heterocycles. The van der Waals surface area contributed by atoms with Crippen molar-refractivity contribution in [1.29, 1.82) is 0 Å². The average Bonchev–Trinajstić information content (AvgIpc) is 3.29. The van der Waals surface area contributed by atoms with E-state index in [0.29, 0.717) is 62.1 Å². The van der Waals surface area contributed by atoms with Crippen molar-refractivity contribution < 1.29 is 27.4 Å². The number of carbonyl (C=O) groups is 1. The lowest BCUT2D eigenvalue weighted by molar-refractivity contribution is -0.151. The molecule has 0 unspecified atom stereocenters. The summed E-state index contributed by atoms with van der Waals surface area (Å²) in [6.07, 6.45) is 7.92. The summed E-state index contributed by atoms with van der Waals surface area (Å²) < 4.78 is 50.1. The highest BCUT2D eigenvalue weighted by molar-refractivity contribution is 7.90. The monoisotopic (exact) mass is 826 g/mol. The molecule has 1 N–H and O–H groups in total. The van der Waals surface area contributed by atoms with Crippen LogP contribution in [0.2, 0.25) is 5.02 Å². The molecule has 7 rings (SSSR count). The topological polar surface area (TPSA) is 101 Å². The van der Waals surface area contributed by atoms with E-state index < -0.39 is 21.2 Å². The number of hydrogen-bond acceptors (Lipinski definition) is 9. The van der Waals surface area contributed by atoms with Crippen molar-refractivity contribution in [3.63, 3.8) is 0 Å². The molecule has 2 aromatic carbocycles. The number of carbonyl (C=O) groups excluding carboxylic acids is 1. The fraction of sp³-hybridized carbons (Fsp3) is 0.711. The summed E-state index contributed by atoms with van der Waals surface area (Å²) in [7, 11) is -2.45. The van der Waals surface area contributed by atoms with Crippen molar-refractivity contribution in [1.82, 2.24) is 14.5 Å². The van der Waals surface area contributed by atoms with Crippen LogP contribution >= 0.6 is 11.6 Å². The molecular weight excluding hydrogens is 760 g/mol. The van der Waals surface area contributed by atoms with Gasteiger partial charge in [-0.15, -0.1) is 0 Å². The molecule has 1 saturated carbocycles. The first-order valence-electron chi connectivity index (χ1n) is 21.8. The van der Waals surface area contributed by atoms with Crippen molar-refractivity contribution in [3.8, 4) is 5.75 Å². The Morgan fingerprint density at radius 2 is 1.86 bits per heavy atom. The molecule has 0 aromatic heterocycles. The molecule has 0 radical (unpaired) electrons. The zero-order valence-electron chi connectivity index (χ0n) is 35.2. The third-order valence-electron chi connectivity index (χ3n) is 14.3. The van der Waals surface area contributed by atoms with E-state index in [1.54, 1.807) is 13.2 Å². The van der Waals surface area contributed by atoms with Gasteiger partial charge in [0.25, 0.3) is 5.91 Å². The molecule has 5 aliphatic rings. The Morgan fingerprint density at radius 3 is 2.58 bits per heavy atom. The van der Waals surface area contributed by atoms with Gasteiger partial charge in [-0.25, -0.2) is 13.1 Å². The van der Waals surface area contributed by atoms with Crippen LogP contribution in [0.5, 0.6) is 5.75 Å². The number of aryl methyl sites for hydroxylation is 1. The predicted octanol–water partition coefficient (Wildman–Crippen LogP) is 7.31. The fourth-order valence-electron chi connectivity index (χ4n) is 11.4. The minimum Gasteiger partial charge on any atom is -0.490 e. The third kappa shape index (κ3) is 8.90. The van der Waals surface area contributed by atoms with Crippen LogP contribution in [0.3, 0.4) is 0 Å². The van der Waals surface area contributed by atoms with Crippen LogP contribution in [0.15, 0.2) is 36.4 Å². The smallest absolute Gasteiger partial charge is 0.264 e. The summed E-state index contributed by atoms with van der Waals surface area (Å²) >= 11 is 6.55. The zero-order chi connectivity index (χ0) is 40.5. The standard InChI is InChI=1S/C45H67ClN4O6S/c1-7-56-45(29-48-21-22-50(31(2)3)33(5)26-48)20-8-10-32(4)42(18-23-54-6)57(52,53)47-43(51)35-13-17-41-40(25-35)49(27-36-12-15-39(36)45)28-44(30-55-41)19-9-11-34-24-37(46)14-16-38(34)44/h13-14,16-17,24-25,31-33,36,39,42H,7-12,15,18-23,26-30H2,1-6H3,(H,47,51)/t32-,33+,36-,39+,42+,44-,45-/m0/s1. The van der Waals surface area contributed by atoms with E-state index in [1.165, 1.54) is 11.1 Å². The SMILES string of the molecule is CCO[C@]1(CN2CCN(C(C)C)[C@H](C)C2)CCC[C@H](C)[C@@H](CCOC)S(=O)(=O)NC(=O)c2ccc3c(c2)N(C[C@@H]2CC[C@H]21)C[C@@]1(CCCc2cc(Cl)ccc21)CO3. The molecule has 1 spiro atoms. The van der Waals surface area contributed by atoms with Gasteiger partial charge in [0.2, 0.25) is 10.0 Å². The maximum absolute atomic E-state index is 14.1. The Balaban J connectivity index is 1.30. The highest BCUT2D eigenvalue weighted by Crippen LogP contribution is 2.50. The third-order valence-corrected chi connectivity index (χ3v) is 16.5. The Labute approximate surface area is 347 Å². The number of hydrogen-bond donors (Lipinski definition) is 1. The lowest BCUT2D eigenvalue weighted by Gasteiger charge is -2.54. The van der Waals surface area contributed by atoms with Crippen molar-refractivity contribution >= 4 is 33.2 Å². The van der Waals surface area contributed by atoms with E-state index in [-0.39, 0.29) is 16.9 Å². The number of amides is 1. The number of methoxy groups -OCH3 is 1. The van der Waals surface area contributed by atoms with Gasteiger partial charge in [-0.3, -0.25) is 14.6 Å². The summed E-state index contributed by atoms with van der Waals surface area (Å²) in [4.78, 5) is 21.7. The average molecular weight is 828 g/mol. The minimum absolute atomic E-state index is 0.190. The van der Waals surface area contributed by atoms with Crippen LogP contribution in [-0.2, 0) is 31.3 Å². The number of benzene rings is 2. The van der Waals surface area contributed by atoms with Crippen molar-refractivity contribution in [3.05, 3.63) is 58.1 Å². The Morgan fingerprint density at radius 1 is 1.04 bits per heavy atom. The fourth-order valence-corrected chi connectivity index (χ4v) is 13.3. The largest absolute Gasteiger partial charge is 0.490 e. The summed E-state index contributed by atoms with van der Waals surface area (Å²) in [6.45, 7) is 18.0. The molecule has 1 amide bonds. The van der Waals surface area contributed by atoms with E-state index in [0.717, 1.165) is 101 Å². The Bertz CT molecular complexity index is 1850. The molecule has 2 bridgehead atoms. The number of ether oxygens (including phenoxy) is 3. The second kappa shape index (κ2) is 17.7. The Kier molecular flexibility index (Phi) is 13.2. The number of fused-ring (bicyclic) bond motifs is 4. The normalized spacial score (nSPS) is 32.5. The molecule has 12 heteroatoms. The number of nitrogens with zero attached hydrogens (tertiary/aromatic N) is 3. The molecule has 1 saturated heterocycles. The summed E-state index contributed by atoms with van der Waals surface area (Å²) in [5.74, 6) is 0.633. The number of rotatable bonds is 8. The molecule has 3 heterocycles. The molecular formula is C45H67ClN4O6S. The van der Waals surface area contributed by atoms with Crippen molar-refractivity contribution in [2.75, 3.05) is 71.1 Å². The summed E-state index contributed by atoms with van der Waals surface area (Å²) in [6, 6.07) is 12.7. The van der Waals surface area contributed by atoms with Gasteiger partial charge in [0, 0.05) is 87.7 Å². The van der Waals surface area contributed by atoms with Gasteiger partial charge in [0.1, 0.15) is 5.75 Å². The number of sulfonamides is 1. The van der Waals surface area contributed by atoms with Gasteiger partial charge in [-0.05, 0) is 138 Å². The van der Waals surface area contributed by atoms with Gasteiger partial charge in [0.05, 0.1) is 23.1 Å². The summed E-state index contributed by atoms with van der Waals surface area (Å²) in [5, 5.41) is -0.0275. The number of piperazine rings is 1. The quantitative estimate of drug-likeness (QED) is 0.294. The number of anilines is 1. The van der Waals surface area contributed by atoms with Gasteiger partial charge >= 0.3 is 0 Å². The van der Waals surface area contributed by atoms with Gasteiger partial charge < -0.3 is 19.1 Å². The minimum atomic E-state index is -4.04. The van der Waals surface area contributed by atoms with Crippen molar-refractivity contribution in [2.45, 2.75) is 121 Å². The lowest BCUT2D eigenvalue weighted by Crippen LogP contribution is -2.62. The molecule has 2 aliphatic carbocycles. The molecule has 57 heavy (non-hydrogen) atoms. The Hall–Kier alpha value is -2.41. The maximum Gasteiger partial charge on any atom is 0.264 e. The highest BCUT2D eigenvalue weighted by atomic mass is 35.5. The number of nitrogens with one attached hydrogen (secondary N) is 1. The second-order valence-corrected chi connectivity index (χ2v) is 20.6. The lowest BCUT2D eigenvalue weighted by atomic mass is 9.62. The van der Waals surface area contributed by atoms with E-state index in [2.05, 4.69) is 59.2 Å². The van der Waals surface area contributed by atoms with Gasteiger partial charge in [0.15, 0.2) is 0 Å². The highest BCUT2D eigenvalue weighted by Gasteiger charge is 2.51. The van der Waals surface area contributed by atoms with Gasteiger partial charge in [-0.2, -0.15) is 0 Å². The van der Waals surface area contributed by atoms with Crippen LogP contribution < -0.4 is 14.4 Å². The summed E-state index contributed by atoms with van der Waals surface area (Å²) in [5.41, 5.74) is 3.09. The van der Waals surface area contributed by atoms with Crippen LogP contribution in [0.25, 0.3) is 0 Å². The van der Waals surface area contributed by atoms with E-state index in [4.69, 9.17) is 25.8 Å². The molecule has 7 atom stereocenters. The van der Waals surface area contributed by atoms with Crippen LogP contribution in [0, 0.1) is 17.8 Å². The van der Waals surface area contributed by atoms with E-state index >= 15 is 0 Å². The van der Waals surface area contributed by atoms with Crippen molar-refractivity contribution in [2.24, 2.45) is 17.8 Å². The van der Waals surface area contributed by atoms with Crippen LogP contribution in [0.4, 0.5) is 5.69 Å². The first kappa shape index (κ1) is 42.7. The van der Waals surface area contributed by atoms with Crippen LogP contribution in [-0.4, -0.2) is 113 Å². The molecule has 10 nitrogen and oxygen atoms in total. The van der Waals surface area contributed by atoms with E-state index in [1.807, 2.05) is 25.1 Å². The van der Waals surface area contributed by atoms with E-state index in [9.17, 15) is 13.2 Å². The number of halogens is 1. The molecule has 316 valence electrons. The molecule has 2 aromatic rings. The second-order valence-electron chi connectivity index (χ2n) is 18.3. The zero-order valence-corrected chi connectivity index (χ0v) is 36.8. The first-order valence-corrected chi connectivity index (χ1v) is 23.7. The van der Waals surface area contributed by atoms with Gasteiger partial charge in [-0.1, -0.05) is 31.0 Å². The first-order chi connectivity index (χ1) is 27.3. The maximum atomic E-state index is 14.1. The van der Waals surface area contributed by atoms with Crippen LogP contribution in [0.1, 0.15) is 107 Å². The predicted molar refractivity (Wildman–Crippen MR) is 228 cm³/mol. The molecule has 2 fully saturated rings.